The van der Waals surface area contributed by atoms with Crippen LogP contribution in [0.2, 0.25) is 0 Å². The maximum atomic E-state index is 18.4. The fourth-order valence-corrected chi connectivity index (χ4v) is 7.91. The molecular weight excluding hydrogens is 806 g/mol. The molecule has 1 saturated heterocycles. The van der Waals surface area contributed by atoms with Crippen molar-refractivity contribution in [2.24, 2.45) is 0 Å². The molecule has 4 atom stereocenters. The summed E-state index contributed by atoms with van der Waals surface area (Å²) in [5.41, 5.74) is -2.95. The number of amides is 1. The largest absolute Gasteiger partial charge is 0.497 e. The molecule has 0 unspecified atom stereocenters. The van der Waals surface area contributed by atoms with Crippen molar-refractivity contribution in [2.75, 3.05) is 19.0 Å². The summed E-state index contributed by atoms with van der Waals surface area (Å²) in [6.07, 6.45) is 12.9. The lowest BCUT2D eigenvalue weighted by molar-refractivity contribution is -0.235. The number of ether oxygens (including phenoxy) is 5. The number of aliphatic hydroxyl groups is 1. The van der Waals surface area contributed by atoms with Gasteiger partial charge in [-0.1, -0.05) is 137 Å². The van der Waals surface area contributed by atoms with E-state index >= 15 is 4.39 Å². The molecule has 6 rings (SSSR count). The van der Waals surface area contributed by atoms with Gasteiger partial charge in [0.2, 0.25) is 11.7 Å². The number of hydrogen-bond donors (Lipinski definition) is 2. The molecule has 2 N–H and O–H groups in total. The number of nitrogens with zero attached hydrogens (tertiary/aromatic N) is 4. The van der Waals surface area contributed by atoms with Crippen LogP contribution in [-0.4, -0.2) is 73.6 Å². The maximum absolute atomic E-state index is 18.4. The molecule has 0 saturated carbocycles. The van der Waals surface area contributed by atoms with Crippen molar-refractivity contribution in [3.8, 4) is 18.1 Å². The van der Waals surface area contributed by atoms with E-state index in [-0.39, 0.29) is 23.4 Å². The summed E-state index contributed by atoms with van der Waals surface area (Å²) < 4.78 is 49.5. The van der Waals surface area contributed by atoms with Gasteiger partial charge < -0.3 is 28.8 Å². The van der Waals surface area contributed by atoms with Crippen molar-refractivity contribution >= 4 is 29.0 Å². The Bertz CT molecular complexity index is 2270. The first-order valence-corrected chi connectivity index (χ1v) is 21.6. The van der Waals surface area contributed by atoms with Crippen LogP contribution < -0.4 is 10.1 Å². The molecule has 2 aromatic heterocycles. The average molecular weight is 864 g/mol. The highest BCUT2D eigenvalue weighted by molar-refractivity contribution is 5.93. The number of carbonyl (C=O) groups excluding carboxylic acids is 2. The second-order valence-electron chi connectivity index (χ2n) is 16.8. The summed E-state index contributed by atoms with van der Waals surface area (Å²) >= 11 is 0. The fraction of sp³-hybridized carbons (Fsp3) is 0.449. The molecule has 0 radical (unpaired) electrons. The zero-order chi connectivity index (χ0) is 45.1. The van der Waals surface area contributed by atoms with Gasteiger partial charge in [0, 0.05) is 6.42 Å². The number of aromatic nitrogens is 4. The minimum Gasteiger partial charge on any atom is -0.497 e. The number of esters is 1. The van der Waals surface area contributed by atoms with Crippen molar-refractivity contribution in [2.45, 2.75) is 127 Å². The zero-order valence-electron chi connectivity index (χ0n) is 36.7. The number of methoxy groups -OCH3 is 1. The summed E-state index contributed by atoms with van der Waals surface area (Å²) in [4.78, 5) is 39.3. The zero-order valence-corrected chi connectivity index (χ0v) is 36.7. The second-order valence-corrected chi connectivity index (χ2v) is 16.8. The van der Waals surface area contributed by atoms with Gasteiger partial charge in [-0.2, -0.15) is 0 Å². The second kappa shape index (κ2) is 20.5. The predicted molar refractivity (Wildman–Crippen MR) is 236 cm³/mol. The quantitative estimate of drug-likeness (QED) is 0.0333. The number of fused-ring (bicyclic) bond motifs is 1. The van der Waals surface area contributed by atoms with Gasteiger partial charge in [-0.15, -0.1) is 6.42 Å². The smallest absolute Gasteiger partial charge is 0.413 e. The summed E-state index contributed by atoms with van der Waals surface area (Å²) in [7, 11) is 1.56. The first kappa shape index (κ1) is 46.6. The third-order valence-corrected chi connectivity index (χ3v) is 11.0. The molecule has 3 aromatic carbocycles. The van der Waals surface area contributed by atoms with Gasteiger partial charge in [0.25, 0.3) is 5.85 Å². The van der Waals surface area contributed by atoms with Crippen LogP contribution in [0, 0.1) is 12.3 Å². The molecule has 14 heteroatoms. The van der Waals surface area contributed by atoms with E-state index < -0.39 is 53.7 Å². The van der Waals surface area contributed by atoms with Crippen LogP contribution in [0.5, 0.6) is 5.75 Å². The van der Waals surface area contributed by atoms with E-state index in [9.17, 15) is 14.7 Å². The maximum Gasteiger partial charge on any atom is 0.413 e. The molecule has 334 valence electrons. The highest BCUT2D eigenvalue weighted by atomic mass is 19.2. The number of nitrogens with one attached hydrogen (secondary N) is 1. The molecule has 0 aliphatic carbocycles. The number of alkyl halides is 1. The molecule has 13 nitrogen and oxygen atoms in total. The minimum atomic E-state index is -3.08. The predicted octanol–water partition coefficient (Wildman–Crippen LogP) is 9.58. The average Bonchev–Trinajstić information content (AvgIpc) is 3.80. The topological polar surface area (TPSA) is 156 Å². The van der Waals surface area contributed by atoms with Crippen LogP contribution in [0.25, 0.3) is 11.2 Å². The van der Waals surface area contributed by atoms with Gasteiger partial charge in [-0.05, 0) is 56.0 Å². The Morgan fingerprint density at radius 3 is 2.03 bits per heavy atom. The van der Waals surface area contributed by atoms with Crippen molar-refractivity contribution in [1.82, 2.24) is 19.5 Å². The van der Waals surface area contributed by atoms with Crippen molar-refractivity contribution in [3.63, 3.8) is 0 Å². The van der Waals surface area contributed by atoms with Crippen LogP contribution in [0.4, 0.5) is 15.0 Å². The summed E-state index contributed by atoms with van der Waals surface area (Å²) in [5, 5.41) is 15.1. The van der Waals surface area contributed by atoms with E-state index in [1.807, 2.05) is 72.8 Å². The summed E-state index contributed by atoms with van der Waals surface area (Å²) in [5.74, 6) is -0.979. The van der Waals surface area contributed by atoms with Gasteiger partial charge in [-0.3, -0.25) is 14.7 Å². The number of halogens is 1. The van der Waals surface area contributed by atoms with Crippen molar-refractivity contribution < 1.29 is 42.8 Å². The molecule has 1 amide bonds. The van der Waals surface area contributed by atoms with E-state index in [1.54, 1.807) is 40.0 Å². The Hall–Kier alpha value is -5.88. The molecule has 63 heavy (non-hydrogen) atoms. The summed E-state index contributed by atoms with van der Waals surface area (Å²) in [6.45, 7) is 6.42. The number of benzene rings is 3. The number of unbranched alkanes of at least 4 members (excludes halogenated alkanes) is 8. The van der Waals surface area contributed by atoms with Crippen molar-refractivity contribution in [1.29, 1.82) is 0 Å². The third-order valence-electron chi connectivity index (χ3n) is 11.0. The molecular formula is C49H58FN5O8. The van der Waals surface area contributed by atoms with E-state index in [0.717, 1.165) is 32.0 Å². The normalized spacial score (nSPS) is 20.0. The molecule has 1 fully saturated rings. The molecule has 5 aromatic rings. The van der Waals surface area contributed by atoms with Crippen LogP contribution in [0.3, 0.4) is 0 Å². The van der Waals surface area contributed by atoms with Gasteiger partial charge in [0.05, 0.1) is 13.4 Å². The Morgan fingerprint density at radius 1 is 0.873 bits per heavy atom. The highest BCUT2D eigenvalue weighted by Gasteiger charge is 2.68. The minimum absolute atomic E-state index is 0.0147. The Labute approximate surface area is 368 Å². The van der Waals surface area contributed by atoms with E-state index in [4.69, 9.17) is 30.1 Å². The van der Waals surface area contributed by atoms with Crippen LogP contribution >= 0.6 is 0 Å². The number of anilines is 1. The molecule has 1 aliphatic heterocycles. The van der Waals surface area contributed by atoms with E-state index in [1.165, 1.54) is 36.6 Å². The number of hydrogen-bond acceptors (Lipinski definition) is 11. The highest BCUT2D eigenvalue weighted by Crippen LogP contribution is 2.50. The van der Waals surface area contributed by atoms with Crippen molar-refractivity contribution in [3.05, 3.63) is 114 Å². The van der Waals surface area contributed by atoms with Gasteiger partial charge in [0.15, 0.2) is 23.2 Å². The Morgan fingerprint density at radius 2 is 1.46 bits per heavy atom. The lowest BCUT2D eigenvalue weighted by Gasteiger charge is -2.38. The molecule has 3 heterocycles. The molecule has 1 aliphatic rings. The number of terminal acetylenes is 1. The molecule has 0 spiro atoms. The number of rotatable bonds is 20. The number of imidazole rings is 1. The Kier molecular flexibility index (Phi) is 15.2. The molecule has 0 bridgehead atoms. The summed E-state index contributed by atoms with van der Waals surface area (Å²) in [6, 6.07) is 25.8. The first-order valence-electron chi connectivity index (χ1n) is 21.6. The van der Waals surface area contributed by atoms with E-state index in [2.05, 4.69) is 33.1 Å². The monoisotopic (exact) mass is 863 g/mol. The van der Waals surface area contributed by atoms with E-state index in [0.29, 0.717) is 28.9 Å². The lowest BCUT2D eigenvalue weighted by atomic mass is 9.80. The Balaban J connectivity index is 1.37. The van der Waals surface area contributed by atoms with Gasteiger partial charge >= 0.3 is 12.1 Å². The first-order chi connectivity index (χ1) is 30.3. The van der Waals surface area contributed by atoms with Crippen LogP contribution in [-0.2, 0) is 29.3 Å². The number of carbonyl (C=O) groups is 2. The van der Waals surface area contributed by atoms with Gasteiger partial charge in [0.1, 0.15) is 29.9 Å². The third kappa shape index (κ3) is 10.7. The fourth-order valence-electron chi connectivity index (χ4n) is 7.91. The SMILES string of the molecule is C#C[C@]1(O)[C@H](n2cnc3c(NC(=O)OC(C)(C)C)ncnc32)O[C@](F)(COC(c2ccccc2)(c2ccccc2)c2ccc(OC)cc2)[C@H]1OC(=O)CCCCCCCCCCC. The van der Waals surface area contributed by atoms with Gasteiger partial charge in [-0.25, -0.2) is 24.1 Å². The standard InChI is InChI=1S/C49H58FN5O8/c1-7-9-10-11-12-13-14-15-22-27-39(56)61-43-47(58,8-2)44(55-34-53-40-41(51-33-52-42(40)55)54-45(57)63-46(3,4)5)62-48(43,50)32-60-49(35-23-18-16-19-24-35,36-25-20-17-21-26-36)37-28-30-38(59-6)31-29-37/h2,16-21,23-26,28-31,33-34,43-44,58H,7,9-15,22,27,32H2,1,3-6H3,(H,51,52,54,57)/t43-,44+,47+,48+/m0/s1. The van der Waals surface area contributed by atoms with Crippen LogP contribution in [0.15, 0.2) is 97.6 Å². The van der Waals surface area contributed by atoms with Crippen LogP contribution in [0.1, 0.15) is 115 Å². The lowest BCUT2D eigenvalue weighted by Crippen LogP contribution is -2.53.